The Labute approximate surface area is 86.9 Å². The molecule has 1 heterocycles. The molecule has 0 atom stereocenters. The summed E-state index contributed by atoms with van der Waals surface area (Å²) in [6.45, 7) is 0. The van der Waals surface area contributed by atoms with Gasteiger partial charge in [-0.15, -0.1) is 0 Å². The summed E-state index contributed by atoms with van der Waals surface area (Å²) < 4.78 is 0. The van der Waals surface area contributed by atoms with Gasteiger partial charge in [-0.05, 0) is 18.2 Å². The number of carbonyl (C=O) groups is 1. The molecule has 0 fully saturated rings. The number of benzene rings is 1. The maximum atomic E-state index is 10.3. The predicted molar refractivity (Wildman–Crippen MR) is 56.5 cm³/mol. The van der Waals surface area contributed by atoms with Crippen LogP contribution in [0, 0.1) is 0 Å². The Morgan fingerprint density at radius 1 is 1.13 bits per heavy atom. The van der Waals surface area contributed by atoms with Crippen LogP contribution in [-0.2, 0) is 4.79 Å². The van der Waals surface area contributed by atoms with Gasteiger partial charge in [-0.25, -0.2) is 0 Å². The molecule has 0 saturated carbocycles. The van der Waals surface area contributed by atoms with Crippen LogP contribution in [0.5, 0.6) is 0 Å². The van der Waals surface area contributed by atoms with Crippen molar-refractivity contribution in [3.8, 4) is 5.69 Å². The van der Waals surface area contributed by atoms with Crippen LogP contribution in [-0.4, -0.2) is 21.3 Å². The van der Waals surface area contributed by atoms with E-state index in [0.29, 0.717) is 0 Å². The Bertz CT molecular complexity index is 474. The molecule has 1 aromatic heterocycles. The molecule has 15 heavy (non-hydrogen) atoms. The third-order valence-corrected chi connectivity index (χ3v) is 1.93. The van der Waals surface area contributed by atoms with E-state index >= 15 is 0 Å². The van der Waals surface area contributed by atoms with E-state index in [-0.39, 0.29) is 0 Å². The Hall–Kier alpha value is -2.23. The Morgan fingerprint density at radius 2 is 1.87 bits per heavy atom. The molecule has 74 valence electrons. The van der Waals surface area contributed by atoms with Gasteiger partial charge in [0.25, 0.3) is 0 Å². The molecule has 0 unspecified atom stereocenters. The summed E-state index contributed by atoms with van der Waals surface area (Å²) in [5.41, 5.74) is 1.75. The van der Waals surface area contributed by atoms with Crippen LogP contribution in [0.25, 0.3) is 11.8 Å². The standard InChI is InChI=1S/C11H9N3O/c15-9-3-5-10-4-1-2-6-11(10)14-12-7-8-13-14/h1-9H. The van der Waals surface area contributed by atoms with Gasteiger partial charge >= 0.3 is 0 Å². The lowest BCUT2D eigenvalue weighted by Crippen LogP contribution is -2.00. The van der Waals surface area contributed by atoms with Crippen LogP contribution in [0.15, 0.2) is 42.7 Å². The van der Waals surface area contributed by atoms with Crippen LogP contribution in [0.1, 0.15) is 5.56 Å². The third-order valence-electron chi connectivity index (χ3n) is 1.93. The van der Waals surface area contributed by atoms with Gasteiger partial charge in [-0.2, -0.15) is 15.0 Å². The summed E-state index contributed by atoms with van der Waals surface area (Å²) in [4.78, 5) is 11.8. The molecule has 0 amide bonds. The maximum absolute atomic E-state index is 10.3. The fourth-order valence-corrected chi connectivity index (χ4v) is 1.29. The lowest BCUT2D eigenvalue weighted by molar-refractivity contribution is -0.104. The van der Waals surface area contributed by atoms with Crippen molar-refractivity contribution in [1.82, 2.24) is 15.0 Å². The first-order valence-electron chi connectivity index (χ1n) is 4.49. The molecule has 0 radical (unpaired) electrons. The van der Waals surface area contributed by atoms with Crippen molar-refractivity contribution in [3.63, 3.8) is 0 Å². The highest BCUT2D eigenvalue weighted by atomic mass is 16.1. The summed E-state index contributed by atoms with van der Waals surface area (Å²) in [7, 11) is 0. The Kier molecular flexibility index (Phi) is 2.69. The minimum atomic E-state index is 0.743. The molecule has 1 aromatic carbocycles. The highest BCUT2D eigenvalue weighted by Gasteiger charge is 2.01. The number of aromatic nitrogens is 3. The molecule has 4 heteroatoms. The first kappa shape index (κ1) is 9.33. The zero-order chi connectivity index (χ0) is 10.5. The number of hydrogen-bond acceptors (Lipinski definition) is 3. The predicted octanol–water partition coefficient (Wildman–Crippen LogP) is 1.48. The first-order chi connectivity index (χ1) is 7.42. The number of hydrogen-bond donors (Lipinski definition) is 0. The summed E-state index contributed by atoms with van der Waals surface area (Å²) in [5.74, 6) is 0. The van der Waals surface area contributed by atoms with E-state index in [1.807, 2.05) is 24.3 Å². The average Bonchev–Trinajstić information content (AvgIpc) is 2.80. The lowest BCUT2D eigenvalue weighted by atomic mass is 10.1. The number of allylic oxidation sites excluding steroid dienone is 1. The van der Waals surface area contributed by atoms with Crippen molar-refractivity contribution in [1.29, 1.82) is 0 Å². The van der Waals surface area contributed by atoms with Crippen LogP contribution in [0.3, 0.4) is 0 Å². The van der Waals surface area contributed by atoms with Crippen LogP contribution in [0.2, 0.25) is 0 Å². The van der Waals surface area contributed by atoms with Crippen molar-refractivity contribution in [2.75, 3.05) is 0 Å². The van der Waals surface area contributed by atoms with E-state index < -0.39 is 0 Å². The molecule has 0 N–H and O–H groups in total. The second-order valence-corrected chi connectivity index (χ2v) is 2.87. The van der Waals surface area contributed by atoms with Crippen molar-refractivity contribution < 1.29 is 4.79 Å². The maximum Gasteiger partial charge on any atom is 0.142 e. The highest BCUT2D eigenvalue weighted by Crippen LogP contribution is 2.13. The molecular weight excluding hydrogens is 190 g/mol. The normalized spacial score (nSPS) is 10.7. The third kappa shape index (κ3) is 1.99. The molecule has 0 aliphatic heterocycles. The van der Waals surface area contributed by atoms with Gasteiger partial charge in [0.1, 0.15) is 6.29 Å². The van der Waals surface area contributed by atoms with E-state index in [9.17, 15) is 4.79 Å². The van der Waals surface area contributed by atoms with Crippen LogP contribution in [0.4, 0.5) is 0 Å². The van der Waals surface area contributed by atoms with Crippen LogP contribution >= 0.6 is 0 Å². The second-order valence-electron chi connectivity index (χ2n) is 2.87. The molecule has 4 nitrogen and oxygen atoms in total. The zero-order valence-corrected chi connectivity index (χ0v) is 7.95. The van der Waals surface area contributed by atoms with Gasteiger partial charge in [-0.3, -0.25) is 4.79 Å². The summed E-state index contributed by atoms with van der Waals surface area (Å²) in [6.07, 6.45) is 7.14. The van der Waals surface area contributed by atoms with Crippen molar-refractivity contribution in [2.45, 2.75) is 0 Å². The monoisotopic (exact) mass is 199 g/mol. The zero-order valence-electron chi connectivity index (χ0n) is 7.95. The van der Waals surface area contributed by atoms with Crippen molar-refractivity contribution >= 4 is 12.4 Å². The molecular formula is C11H9N3O. The van der Waals surface area contributed by atoms with Gasteiger partial charge in [0.15, 0.2) is 0 Å². The SMILES string of the molecule is O=CC=Cc1ccccc1-n1nccn1. The minimum absolute atomic E-state index is 0.743. The number of aldehydes is 1. The van der Waals surface area contributed by atoms with E-state index in [0.717, 1.165) is 17.5 Å². The fourth-order valence-electron chi connectivity index (χ4n) is 1.29. The molecule has 2 rings (SSSR count). The Morgan fingerprint density at radius 3 is 2.60 bits per heavy atom. The minimum Gasteiger partial charge on any atom is -0.299 e. The molecule has 0 bridgehead atoms. The first-order valence-corrected chi connectivity index (χ1v) is 4.49. The van der Waals surface area contributed by atoms with Gasteiger partial charge in [0.2, 0.25) is 0 Å². The van der Waals surface area contributed by atoms with Gasteiger partial charge < -0.3 is 0 Å². The van der Waals surface area contributed by atoms with Gasteiger partial charge in [0, 0.05) is 5.56 Å². The lowest BCUT2D eigenvalue weighted by Gasteiger charge is -2.03. The molecule has 0 aliphatic carbocycles. The quantitative estimate of drug-likeness (QED) is 0.555. The number of nitrogens with zero attached hydrogens (tertiary/aromatic N) is 3. The highest BCUT2D eigenvalue weighted by molar-refractivity contribution is 5.75. The van der Waals surface area contributed by atoms with Crippen molar-refractivity contribution in [3.05, 3.63) is 48.3 Å². The summed E-state index contributed by atoms with van der Waals surface area (Å²) in [5, 5.41) is 8.08. The topological polar surface area (TPSA) is 47.8 Å². The molecule has 0 saturated heterocycles. The summed E-state index contributed by atoms with van der Waals surface area (Å²) >= 11 is 0. The Balaban J connectivity index is 2.47. The van der Waals surface area contributed by atoms with Crippen molar-refractivity contribution in [2.24, 2.45) is 0 Å². The van der Waals surface area contributed by atoms with E-state index in [2.05, 4.69) is 10.2 Å². The van der Waals surface area contributed by atoms with Gasteiger partial charge in [-0.1, -0.05) is 18.2 Å². The van der Waals surface area contributed by atoms with E-state index in [1.54, 1.807) is 18.5 Å². The molecule has 2 aromatic rings. The number of rotatable bonds is 3. The molecule has 0 aliphatic rings. The number of para-hydroxylation sites is 1. The summed E-state index contributed by atoms with van der Waals surface area (Å²) in [6, 6.07) is 7.59. The largest absolute Gasteiger partial charge is 0.299 e. The van der Waals surface area contributed by atoms with Gasteiger partial charge in [0.05, 0.1) is 18.1 Å². The molecule has 0 spiro atoms. The van der Waals surface area contributed by atoms with Crippen LogP contribution < -0.4 is 0 Å². The second kappa shape index (κ2) is 4.32. The van der Waals surface area contributed by atoms with E-state index in [1.165, 1.54) is 10.9 Å². The van der Waals surface area contributed by atoms with E-state index in [4.69, 9.17) is 0 Å². The fraction of sp³-hybridized carbons (Fsp3) is 0. The average molecular weight is 199 g/mol. The smallest absolute Gasteiger partial charge is 0.142 e. The number of carbonyl (C=O) groups excluding carboxylic acids is 1.